The van der Waals surface area contributed by atoms with Crippen molar-refractivity contribution in [2.45, 2.75) is 20.0 Å². The van der Waals surface area contributed by atoms with Gasteiger partial charge in [-0.2, -0.15) is 0 Å². The Bertz CT molecular complexity index is 496. The Hall–Kier alpha value is -0.710. The molecule has 0 unspecified atom stereocenters. The molecule has 0 amide bonds. The van der Waals surface area contributed by atoms with Gasteiger partial charge in [0.1, 0.15) is 0 Å². The molecular formula is C12H12BrNOS. The van der Waals surface area contributed by atoms with Gasteiger partial charge in [-0.3, -0.25) is 0 Å². The topological polar surface area (TPSA) is 33.1 Å². The first-order valence-electron chi connectivity index (χ1n) is 4.99. The van der Waals surface area contributed by atoms with Gasteiger partial charge >= 0.3 is 0 Å². The highest BCUT2D eigenvalue weighted by molar-refractivity contribution is 9.10. The lowest BCUT2D eigenvalue weighted by atomic mass is 10.2. The third-order valence-corrected chi connectivity index (χ3v) is 3.96. The zero-order chi connectivity index (χ0) is 11.5. The maximum absolute atomic E-state index is 9.10. The van der Waals surface area contributed by atoms with Crippen LogP contribution in [0.5, 0.6) is 0 Å². The predicted molar refractivity (Wildman–Crippen MR) is 69.7 cm³/mol. The molecule has 0 aliphatic carbocycles. The fourth-order valence-corrected chi connectivity index (χ4v) is 2.94. The van der Waals surface area contributed by atoms with Crippen molar-refractivity contribution in [1.82, 2.24) is 4.98 Å². The van der Waals surface area contributed by atoms with Crippen molar-refractivity contribution in [2.24, 2.45) is 0 Å². The van der Waals surface area contributed by atoms with Crippen molar-refractivity contribution in [3.63, 3.8) is 0 Å². The molecule has 0 aliphatic rings. The number of nitrogens with zero attached hydrogens (tertiary/aromatic N) is 1. The number of thiazole rings is 1. The first-order valence-corrected chi connectivity index (χ1v) is 6.60. The minimum Gasteiger partial charge on any atom is -0.391 e. The van der Waals surface area contributed by atoms with E-state index in [1.807, 2.05) is 19.1 Å². The molecule has 0 bridgehead atoms. The van der Waals surface area contributed by atoms with Gasteiger partial charge in [0.15, 0.2) is 0 Å². The van der Waals surface area contributed by atoms with Crippen LogP contribution in [0.4, 0.5) is 0 Å². The Kier molecular flexibility index (Phi) is 3.74. The van der Waals surface area contributed by atoms with E-state index in [0.717, 1.165) is 26.5 Å². The van der Waals surface area contributed by atoms with Gasteiger partial charge < -0.3 is 5.11 Å². The van der Waals surface area contributed by atoms with Crippen molar-refractivity contribution in [3.8, 4) is 0 Å². The Morgan fingerprint density at radius 2 is 2.25 bits per heavy atom. The minimum atomic E-state index is 0.0853. The third kappa shape index (κ3) is 2.70. The quantitative estimate of drug-likeness (QED) is 0.943. The van der Waals surface area contributed by atoms with Crippen molar-refractivity contribution >= 4 is 27.3 Å². The monoisotopic (exact) mass is 297 g/mol. The summed E-state index contributed by atoms with van der Waals surface area (Å²) in [4.78, 5) is 5.41. The van der Waals surface area contributed by atoms with E-state index < -0.39 is 0 Å². The molecule has 1 N–H and O–H groups in total. The van der Waals surface area contributed by atoms with Gasteiger partial charge in [-0.25, -0.2) is 4.98 Å². The summed E-state index contributed by atoms with van der Waals surface area (Å²) in [5, 5.41) is 10.2. The average Bonchev–Trinajstić information content (AvgIpc) is 2.58. The first-order chi connectivity index (χ1) is 7.69. The molecule has 0 radical (unpaired) electrons. The molecule has 0 spiro atoms. The first kappa shape index (κ1) is 11.8. The summed E-state index contributed by atoms with van der Waals surface area (Å²) in [7, 11) is 0. The number of aliphatic hydroxyl groups excluding tert-OH is 1. The van der Waals surface area contributed by atoms with Crippen molar-refractivity contribution in [3.05, 3.63) is 49.9 Å². The molecule has 0 atom stereocenters. The highest BCUT2D eigenvalue weighted by Gasteiger charge is 2.07. The molecule has 0 saturated heterocycles. The Morgan fingerprint density at radius 3 is 2.88 bits per heavy atom. The van der Waals surface area contributed by atoms with Crippen molar-refractivity contribution < 1.29 is 5.11 Å². The van der Waals surface area contributed by atoms with Gasteiger partial charge in [-0.15, -0.1) is 11.3 Å². The Balaban J connectivity index is 2.20. The molecule has 4 heteroatoms. The van der Waals surface area contributed by atoms with Gasteiger partial charge in [0, 0.05) is 10.9 Å². The summed E-state index contributed by atoms with van der Waals surface area (Å²) in [6.07, 6.45) is 0.824. The van der Waals surface area contributed by atoms with E-state index in [2.05, 4.69) is 33.0 Å². The summed E-state index contributed by atoms with van der Waals surface area (Å²) in [5.74, 6) is 0. The predicted octanol–water partition coefficient (Wildman–Crippen LogP) is 3.30. The van der Waals surface area contributed by atoms with Crippen LogP contribution in [0.1, 0.15) is 21.1 Å². The van der Waals surface area contributed by atoms with Crippen LogP contribution in [-0.2, 0) is 13.0 Å². The third-order valence-electron chi connectivity index (χ3n) is 2.32. The number of hydrogen-bond donors (Lipinski definition) is 1. The lowest BCUT2D eigenvalue weighted by Gasteiger charge is -1.98. The summed E-state index contributed by atoms with van der Waals surface area (Å²) in [5.41, 5.74) is 2.17. The lowest BCUT2D eigenvalue weighted by Crippen LogP contribution is -1.87. The second-order valence-corrected chi connectivity index (χ2v) is 5.66. The molecule has 2 nitrogen and oxygen atoms in total. The fourth-order valence-electron chi connectivity index (χ4n) is 1.53. The zero-order valence-electron chi connectivity index (χ0n) is 8.90. The maximum atomic E-state index is 9.10. The molecule has 1 aromatic heterocycles. The number of hydrogen-bond acceptors (Lipinski definition) is 3. The molecule has 84 valence electrons. The number of halogens is 1. The van der Waals surface area contributed by atoms with Crippen LogP contribution in [0.25, 0.3) is 0 Å². The Labute approximate surface area is 107 Å². The SMILES string of the molecule is Cc1nc(Cc2cccc(Br)c2)sc1CO. The summed E-state index contributed by atoms with van der Waals surface area (Å²) in [6, 6.07) is 8.21. The zero-order valence-corrected chi connectivity index (χ0v) is 11.3. The number of benzene rings is 1. The average molecular weight is 298 g/mol. The van der Waals surface area contributed by atoms with Crippen LogP contribution < -0.4 is 0 Å². The second-order valence-electron chi connectivity index (χ2n) is 3.58. The smallest absolute Gasteiger partial charge is 0.0975 e. The van der Waals surface area contributed by atoms with Crippen LogP contribution in [0.2, 0.25) is 0 Å². The van der Waals surface area contributed by atoms with Crippen molar-refractivity contribution in [1.29, 1.82) is 0 Å². The van der Waals surface area contributed by atoms with Crippen LogP contribution in [0.15, 0.2) is 28.7 Å². The number of aryl methyl sites for hydroxylation is 1. The van der Waals surface area contributed by atoms with E-state index in [9.17, 15) is 0 Å². The highest BCUT2D eigenvalue weighted by Crippen LogP contribution is 2.21. The van der Waals surface area contributed by atoms with Crippen molar-refractivity contribution in [2.75, 3.05) is 0 Å². The number of aliphatic hydroxyl groups is 1. The minimum absolute atomic E-state index is 0.0853. The van der Waals surface area contributed by atoms with Crippen LogP contribution >= 0.6 is 27.3 Å². The number of aromatic nitrogens is 1. The molecule has 2 aromatic rings. The molecule has 16 heavy (non-hydrogen) atoms. The largest absolute Gasteiger partial charge is 0.391 e. The van der Waals surface area contributed by atoms with Gasteiger partial charge in [0.2, 0.25) is 0 Å². The molecule has 2 rings (SSSR count). The molecule has 1 heterocycles. The molecule has 0 aliphatic heterocycles. The Morgan fingerprint density at radius 1 is 1.44 bits per heavy atom. The van der Waals surface area contributed by atoms with E-state index in [1.54, 1.807) is 11.3 Å². The molecule has 0 fully saturated rings. The summed E-state index contributed by atoms with van der Waals surface area (Å²) < 4.78 is 1.08. The van der Waals surface area contributed by atoms with E-state index in [1.165, 1.54) is 5.56 Å². The molecular weight excluding hydrogens is 286 g/mol. The van der Waals surface area contributed by atoms with E-state index in [4.69, 9.17) is 5.11 Å². The van der Waals surface area contributed by atoms with E-state index in [0.29, 0.717) is 0 Å². The maximum Gasteiger partial charge on any atom is 0.0975 e. The van der Waals surface area contributed by atoms with Crippen LogP contribution in [-0.4, -0.2) is 10.1 Å². The van der Waals surface area contributed by atoms with Crippen LogP contribution in [0, 0.1) is 6.92 Å². The van der Waals surface area contributed by atoms with Gasteiger partial charge in [0.05, 0.1) is 22.2 Å². The van der Waals surface area contributed by atoms with Gasteiger partial charge in [0.25, 0.3) is 0 Å². The summed E-state index contributed by atoms with van der Waals surface area (Å²) >= 11 is 5.04. The standard InChI is InChI=1S/C12H12BrNOS/c1-8-11(7-15)16-12(14-8)6-9-3-2-4-10(13)5-9/h2-5,15H,6-7H2,1H3. The number of rotatable bonds is 3. The van der Waals surface area contributed by atoms with E-state index >= 15 is 0 Å². The highest BCUT2D eigenvalue weighted by atomic mass is 79.9. The fraction of sp³-hybridized carbons (Fsp3) is 0.250. The molecule has 1 aromatic carbocycles. The van der Waals surface area contributed by atoms with Crippen LogP contribution in [0.3, 0.4) is 0 Å². The van der Waals surface area contributed by atoms with Gasteiger partial charge in [-0.05, 0) is 24.6 Å². The second kappa shape index (κ2) is 5.08. The van der Waals surface area contributed by atoms with E-state index in [-0.39, 0.29) is 6.61 Å². The molecule has 0 saturated carbocycles. The summed E-state index contributed by atoms with van der Waals surface area (Å²) in [6.45, 7) is 2.02. The normalized spacial score (nSPS) is 10.7. The van der Waals surface area contributed by atoms with Gasteiger partial charge in [-0.1, -0.05) is 28.1 Å². The lowest BCUT2D eigenvalue weighted by molar-refractivity contribution is 0.284.